The van der Waals surface area contributed by atoms with Crippen LogP contribution >= 0.6 is 15.9 Å². The van der Waals surface area contributed by atoms with Gasteiger partial charge in [0.15, 0.2) is 0 Å². The number of likely N-dealkylation sites (N-methyl/N-ethyl adjacent to an activating group) is 1. The Labute approximate surface area is 98.4 Å². The van der Waals surface area contributed by atoms with Gasteiger partial charge in [-0.2, -0.15) is 0 Å². The molecule has 0 bridgehead atoms. The highest BCUT2D eigenvalue weighted by molar-refractivity contribution is 9.10. The maximum Gasteiger partial charge on any atom is 0.128 e. The standard InChI is InChI=1S/C11H16BrFN2/c1-8(6-14)15(2)7-9-10(12)4-3-5-11(9)13/h3-5,8H,6-7,14H2,1-2H3. The van der Waals surface area contributed by atoms with Gasteiger partial charge in [0, 0.05) is 29.2 Å². The van der Waals surface area contributed by atoms with Crippen molar-refractivity contribution in [3.8, 4) is 0 Å². The van der Waals surface area contributed by atoms with Gasteiger partial charge in [0.05, 0.1) is 0 Å². The fourth-order valence-electron chi connectivity index (χ4n) is 1.27. The van der Waals surface area contributed by atoms with Gasteiger partial charge in [-0.15, -0.1) is 0 Å². The number of hydrogen-bond acceptors (Lipinski definition) is 2. The average molecular weight is 275 g/mol. The summed E-state index contributed by atoms with van der Waals surface area (Å²) >= 11 is 3.35. The van der Waals surface area contributed by atoms with Crippen LogP contribution in [0.4, 0.5) is 4.39 Å². The Hall–Kier alpha value is -0.450. The zero-order valence-corrected chi connectivity index (χ0v) is 10.6. The first-order valence-electron chi connectivity index (χ1n) is 4.89. The number of rotatable bonds is 4. The molecule has 0 amide bonds. The summed E-state index contributed by atoms with van der Waals surface area (Å²) in [6.07, 6.45) is 0. The van der Waals surface area contributed by atoms with Gasteiger partial charge < -0.3 is 5.73 Å². The Bertz CT molecular complexity index is 310. The first kappa shape index (κ1) is 12.6. The maximum absolute atomic E-state index is 13.5. The molecule has 1 aromatic carbocycles. The normalized spacial score (nSPS) is 13.2. The molecule has 2 nitrogen and oxygen atoms in total. The van der Waals surface area contributed by atoms with Gasteiger partial charge in [0.1, 0.15) is 5.82 Å². The first-order valence-corrected chi connectivity index (χ1v) is 5.68. The second kappa shape index (κ2) is 5.58. The molecule has 0 fully saturated rings. The summed E-state index contributed by atoms with van der Waals surface area (Å²) in [5.41, 5.74) is 6.24. The molecule has 84 valence electrons. The minimum Gasteiger partial charge on any atom is -0.329 e. The molecule has 0 aliphatic carbocycles. The van der Waals surface area contributed by atoms with Gasteiger partial charge in [0.25, 0.3) is 0 Å². The summed E-state index contributed by atoms with van der Waals surface area (Å²) in [6, 6.07) is 5.26. The van der Waals surface area contributed by atoms with Crippen LogP contribution in [-0.4, -0.2) is 24.5 Å². The van der Waals surface area contributed by atoms with Crippen molar-refractivity contribution < 1.29 is 4.39 Å². The lowest BCUT2D eigenvalue weighted by Gasteiger charge is -2.23. The molecule has 15 heavy (non-hydrogen) atoms. The van der Waals surface area contributed by atoms with Gasteiger partial charge in [0.2, 0.25) is 0 Å². The molecular formula is C11H16BrFN2. The molecule has 0 aliphatic heterocycles. The lowest BCUT2D eigenvalue weighted by atomic mass is 10.2. The third-order valence-electron chi connectivity index (χ3n) is 2.56. The van der Waals surface area contributed by atoms with E-state index in [9.17, 15) is 4.39 Å². The van der Waals surface area contributed by atoms with Crippen molar-refractivity contribution in [3.63, 3.8) is 0 Å². The van der Waals surface area contributed by atoms with Gasteiger partial charge in [-0.3, -0.25) is 4.90 Å². The van der Waals surface area contributed by atoms with Crippen LogP contribution in [0.1, 0.15) is 12.5 Å². The minimum absolute atomic E-state index is 0.180. The van der Waals surface area contributed by atoms with E-state index >= 15 is 0 Å². The van der Waals surface area contributed by atoms with Crippen molar-refractivity contribution in [1.82, 2.24) is 4.90 Å². The summed E-state index contributed by atoms with van der Waals surface area (Å²) in [7, 11) is 1.94. The fraction of sp³-hybridized carbons (Fsp3) is 0.455. The van der Waals surface area contributed by atoms with Gasteiger partial charge in [-0.1, -0.05) is 22.0 Å². The molecule has 0 spiro atoms. The van der Waals surface area contributed by atoms with Gasteiger partial charge >= 0.3 is 0 Å². The summed E-state index contributed by atoms with van der Waals surface area (Å²) in [5.74, 6) is -0.180. The molecule has 4 heteroatoms. The van der Waals surface area contributed by atoms with Crippen molar-refractivity contribution in [3.05, 3.63) is 34.1 Å². The smallest absolute Gasteiger partial charge is 0.128 e. The molecule has 2 N–H and O–H groups in total. The van der Waals surface area contributed by atoms with Crippen LogP contribution in [0.3, 0.4) is 0 Å². The molecule has 1 aromatic rings. The van der Waals surface area contributed by atoms with Crippen molar-refractivity contribution in [2.24, 2.45) is 5.73 Å². The van der Waals surface area contributed by atoms with Crippen LogP contribution < -0.4 is 5.73 Å². The van der Waals surface area contributed by atoms with Crippen molar-refractivity contribution in [2.45, 2.75) is 19.5 Å². The predicted octanol–water partition coefficient (Wildman–Crippen LogP) is 2.37. The Morgan fingerprint density at radius 1 is 1.53 bits per heavy atom. The topological polar surface area (TPSA) is 29.3 Å². The van der Waals surface area contributed by atoms with Crippen LogP contribution in [0, 0.1) is 5.82 Å². The lowest BCUT2D eigenvalue weighted by molar-refractivity contribution is 0.251. The molecule has 0 aromatic heterocycles. The number of hydrogen-bond donors (Lipinski definition) is 1. The Kier molecular flexibility index (Phi) is 4.70. The van der Waals surface area contributed by atoms with E-state index in [1.807, 2.05) is 24.9 Å². The highest BCUT2D eigenvalue weighted by Gasteiger charge is 2.12. The van der Waals surface area contributed by atoms with E-state index in [0.29, 0.717) is 18.7 Å². The van der Waals surface area contributed by atoms with E-state index in [0.717, 1.165) is 4.47 Å². The van der Waals surface area contributed by atoms with E-state index in [2.05, 4.69) is 15.9 Å². The summed E-state index contributed by atoms with van der Waals surface area (Å²) in [5, 5.41) is 0. The number of nitrogens with zero attached hydrogens (tertiary/aromatic N) is 1. The van der Waals surface area contributed by atoms with Crippen LogP contribution in [0.15, 0.2) is 22.7 Å². The van der Waals surface area contributed by atoms with Crippen molar-refractivity contribution in [1.29, 1.82) is 0 Å². The summed E-state index contributed by atoms with van der Waals surface area (Å²) in [6.45, 7) is 3.16. The van der Waals surface area contributed by atoms with Crippen LogP contribution in [-0.2, 0) is 6.54 Å². The first-order chi connectivity index (χ1) is 7.06. The van der Waals surface area contributed by atoms with E-state index in [4.69, 9.17) is 5.73 Å². The van der Waals surface area contributed by atoms with E-state index < -0.39 is 0 Å². The molecule has 0 heterocycles. The predicted molar refractivity (Wildman–Crippen MR) is 64.1 cm³/mol. The molecule has 0 radical (unpaired) electrons. The van der Waals surface area contributed by atoms with Crippen LogP contribution in [0.2, 0.25) is 0 Å². The Balaban J connectivity index is 2.80. The van der Waals surface area contributed by atoms with E-state index in [-0.39, 0.29) is 11.9 Å². The number of benzene rings is 1. The maximum atomic E-state index is 13.5. The molecule has 0 saturated heterocycles. The lowest BCUT2D eigenvalue weighted by Crippen LogP contribution is -2.35. The van der Waals surface area contributed by atoms with E-state index in [1.165, 1.54) is 6.07 Å². The molecular weight excluding hydrogens is 259 g/mol. The van der Waals surface area contributed by atoms with E-state index in [1.54, 1.807) is 6.07 Å². The van der Waals surface area contributed by atoms with Crippen LogP contribution in [0.5, 0.6) is 0 Å². The third-order valence-corrected chi connectivity index (χ3v) is 3.31. The minimum atomic E-state index is -0.180. The fourth-order valence-corrected chi connectivity index (χ4v) is 1.74. The zero-order chi connectivity index (χ0) is 11.4. The molecule has 1 rings (SSSR count). The second-order valence-corrected chi connectivity index (χ2v) is 4.55. The van der Waals surface area contributed by atoms with Crippen LogP contribution in [0.25, 0.3) is 0 Å². The molecule has 1 atom stereocenters. The molecule has 0 aliphatic rings. The largest absolute Gasteiger partial charge is 0.329 e. The SMILES string of the molecule is CC(CN)N(C)Cc1c(F)cccc1Br. The van der Waals surface area contributed by atoms with Gasteiger partial charge in [-0.05, 0) is 26.1 Å². The Morgan fingerprint density at radius 3 is 2.73 bits per heavy atom. The third kappa shape index (κ3) is 3.26. The zero-order valence-electron chi connectivity index (χ0n) is 9.00. The highest BCUT2D eigenvalue weighted by atomic mass is 79.9. The monoisotopic (exact) mass is 274 g/mol. The highest BCUT2D eigenvalue weighted by Crippen LogP contribution is 2.21. The Morgan fingerprint density at radius 2 is 2.20 bits per heavy atom. The number of halogens is 2. The van der Waals surface area contributed by atoms with Crippen molar-refractivity contribution in [2.75, 3.05) is 13.6 Å². The number of nitrogens with two attached hydrogens (primary N) is 1. The molecule has 1 unspecified atom stereocenters. The van der Waals surface area contributed by atoms with Crippen molar-refractivity contribution >= 4 is 15.9 Å². The second-order valence-electron chi connectivity index (χ2n) is 3.70. The molecule has 0 saturated carbocycles. The average Bonchev–Trinajstić information content (AvgIpc) is 2.22. The van der Waals surface area contributed by atoms with Gasteiger partial charge in [-0.25, -0.2) is 4.39 Å². The quantitative estimate of drug-likeness (QED) is 0.914. The summed E-state index contributed by atoms with van der Waals surface area (Å²) < 4.78 is 14.3. The summed E-state index contributed by atoms with van der Waals surface area (Å²) in [4.78, 5) is 2.03.